The van der Waals surface area contributed by atoms with Gasteiger partial charge in [0.05, 0.1) is 5.71 Å². The van der Waals surface area contributed by atoms with Crippen LogP contribution in [0.5, 0.6) is 17.2 Å². The number of hydrogen-bond acceptors (Lipinski definition) is 11. The summed E-state index contributed by atoms with van der Waals surface area (Å²) in [7, 11) is 0. The van der Waals surface area contributed by atoms with Crippen LogP contribution in [0.3, 0.4) is 0 Å². The summed E-state index contributed by atoms with van der Waals surface area (Å²) in [5, 5.41) is 33.5. The first-order chi connectivity index (χ1) is 30.6. The van der Waals surface area contributed by atoms with Crippen LogP contribution in [-0.2, 0) is 11.3 Å². The highest BCUT2D eigenvalue weighted by Gasteiger charge is 2.27. The summed E-state index contributed by atoms with van der Waals surface area (Å²) in [6, 6.07) is 26.8. The zero-order valence-electron chi connectivity index (χ0n) is 36.4. The Kier molecular flexibility index (Phi) is 16.3. The molecular weight excluding hydrogens is 852 g/mol. The van der Waals surface area contributed by atoms with E-state index in [1.807, 2.05) is 57.2 Å². The zero-order valence-corrected chi connectivity index (χ0v) is 38.8. The third-order valence-corrected chi connectivity index (χ3v) is 13.2. The van der Waals surface area contributed by atoms with Crippen LogP contribution in [0.15, 0.2) is 96.0 Å². The second-order valence-electron chi connectivity index (χ2n) is 14.6. The Morgan fingerprint density at radius 2 is 1.59 bits per heavy atom. The molecule has 1 aliphatic rings. The lowest BCUT2D eigenvalue weighted by Crippen LogP contribution is -2.29. The minimum absolute atomic E-state index is 0.113. The predicted octanol–water partition coefficient (Wildman–Crippen LogP) is 10.7. The summed E-state index contributed by atoms with van der Waals surface area (Å²) in [6.07, 6.45) is 2.68. The van der Waals surface area contributed by atoms with E-state index in [0.29, 0.717) is 36.6 Å². The van der Waals surface area contributed by atoms with Crippen molar-refractivity contribution in [2.45, 2.75) is 60.9 Å². The zero-order chi connectivity index (χ0) is 45.0. The maximum atomic E-state index is 13.7. The molecule has 14 heteroatoms. The van der Waals surface area contributed by atoms with Crippen LogP contribution in [0.25, 0.3) is 25.5 Å². The van der Waals surface area contributed by atoms with E-state index in [0.717, 1.165) is 92.4 Å². The van der Waals surface area contributed by atoms with Crippen LogP contribution in [-0.4, -0.2) is 80.6 Å². The second-order valence-corrected chi connectivity index (χ2v) is 17.3. The van der Waals surface area contributed by atoms with Crippen LogP contribution < -0.4 is 10.1 Å². The Labute approximate surface area is 381 Å². The van der Waals surface area contributed by atoms with Crippen molar-refractivity contribution in [3.8, 4) is 32.7 Å². The van der Waals surface area contributed by atoms with Crippen molar-refractivity contribution in [3.63, 3.8) is 0 Å². The topological polar surface area (TPSA) is 142 Å². The van der Waals surface area contributed by atoms with Crippen LogP contribution in [0.1, 0.15) is 82.8 Å². The van der Waals surface area contributed by atoms with Crippen LogP contribution in [0.4, 0.5) is 0 Å². The molecule has 328 valence electrons. The Bertz CT molecular complexity index is 2670. The first kappa shape index (κ1) is 46.6. The fourth-order valence-corrected chi connectivity index (χ4v) is 9.80. The van der Waals surface area contributed by atoms with Crippen molar-refractivity contribution in [1.82, 2.24) is 25.0 Å². The fourth-order valence-electron chi connectivity index (χ4n) is 7.21. The number of ether oxygens (including phenoxy) is 1. The SMILES string of the molecule is CC.CCN(CCCCNC=O)CCOc1ccc(C(=O)c2c(-c3ccc(O)cc3)sc3cc(O)ccc23)cc1.Cc1sc2c(c1C)C(c1ccc(Cl)cc1)=NCc1nnc(C)n1-2. The maximum Gasteiger partial charge on any atom is 0.207 e. The van der Waals surface area contributed by atoms with Gasteiger partial charge in [0.15, 0.2) is 11.6 Å². The van der Waals surface area contributed by atoms with E-state index in [1.54, 1.807) is 65.9 Å². The van der Waals surface area contributed by atoms with E-state index < -0.39 is 0 Å². The number of nitrogens with zero attached hydrogens (tertiary/aromatic N) is 5. The van der Waals surface area contributed by atoms with Crippen LogP contribution in [0.2, 0.25) is 5.02 Å². The van der Waals surface area contributed by atoms with Gasteiger partial charge in [-0.25, -0.2) is 0 Å². The molecule has 3 aromatic heterocycles. The maximum absolute atomic E-state index is 13.7. The van der Waals surface area contributed by atoms with E-state index in [9.17, 15) is 19.8 Å². The number of phenols is 2. The molecule has 0 atom stereocenters. The lowest BCUT2D eigenvalue weighted by Gasteiger charge is -2.20. The molecule has 63 heavy (non-hydrogen) atoms. The summed E-state index contributed by atoms with van der Waals surface area (Å²) in [5.74, 6) is 2.67. The van der Waals surface area contributed by atoms with Crippen molar-refractivity contribution in [2.75, 3.05) is 32.8 Å². The van der Waals surface area contributed by atoms with Crippen molar-refractivity contribution in [1.29, 1.82) is 0 Å². The number of hydrogen-bond donors (Lipinski definition) is 3. The normalized spacial score (nSPS) is 11.7. The quantitative estimate of drug-likeness (QED) is 0.0524. The highest BCUT2D eigenvalue weighted by molar-refractivity contribution is 7.22. The molecule has 0 saturated heterocycles. The molecule has 0 fully saturated rings. The predicted molar refractivity (Wildman–Crippen MR) is 257 cm³/mol. The Morgan fingerprint density at radius 3 is 2.29 bits per heavy atom. The molecule has 4 aromatic carbocycles. The van der Waals surface area contributed by atoms with Gasteiger partial charge in [0.1, 0.15) is 41.2 Å². The van der Waals surface area contributed by atoms with Gasteiger partial charge in [-0.3, -0.25) is 19.1 Å². The largest absolute Gasteiger partial charge is 0.508 e. The molecule has 0 spiro atoms. The van der Waals surface area contributed by atoms with Gasteiger partial charge in [0.25, 0.3) is 0 Å². The number of phenolic OH excluding ortho intramolecular Hbond substituents is 2. The van der Waals surface area contributed by atoms with E-state index in [-0.39, 0.29) is 17.3 Å². The molecular formula is C49H53ClN6O5S2. The third-order valence-electron chi connectivity index (χ3n) is 10.6. The molecule has 8 rings (SSSR count). The minimum Gasteiger partial charge on any atom is -0.508 e. The summed E-state index contributed by atoms with van der Waals surface area (Å²) >= 11 is 9.24. The summed E-state index contributed by atoms with van der Waals surface area (Å²) in [4.78, 5) is 33.3. The monoisotopic (exact) mass is 904 g/mol. The van der Waals surface area contributed by atoms with Gasteiger partial charge in [-0.2, -0.15) is 0 Å². The van der Waals surface area contributed by atoms with E-state index in [1.165, 1.54) is 27.3 Å². The van der Waals surface area contributed by atoms with Crippen molar-refractivity contribution in [2.24, 2.45) is 4.99 Å². The van der Waals surface area contributed by atoms with Gasteiger partial charge in [0.2, 0.25) is 6.41 Å². The van der Waals surface area contributed by atoms with Gasteiger partial charge in [0, 0.05) is 60.2 Å². The number of likely N-dealkylation sites (N-methyl/N-ethyl adjacent to an activating group) is 1. The van der Waals surface area contributed by atoms with Crippen LogP contribution >= 0.6 is 34.3 Å². The molecule has 7 aromatic rings. The molecule has 11 nitrogen and oxygen atoms in total. The number of halogens is 1. The molecule has 0 bridgehead atoms. The number of thiophene rings is 2. The van der Waals surface area contributed by atoms with Gasteiger partial charge in [-0.05, 0) is 137 Å². The fraction of sp³-hybridized carbons (Fsp3) is 0.286. The number of aromatic nitrogens is 3. The first-order valence-electron chi connectivity index (χ1n) is 21.1. The smallest absolute Gasteiger partial charge is 0.207 e. The average Bonchev–Trinajstić information content (AvgIpc) is 3.91. The lowest BCUT2D eigenvalue weighted by molar-refractivity contribution is -0.109. The molecule has 0 aliphatic carbocycles. The van der Waals surface area contributed by atoms with Crippen molar-refractivity contribution in [3.05, 3.63) is 140 Å². The number of aryl methyl sites for hydroxylation is 2. The number of fused-ring (bicyclic) bond motifs is 4. The Hall–Kier alpha value is -5.86. The number of unbranched alkanes of at least 4 members (excludes halogenated alkanes) is 1. The Morgan fingerprint density at radius 1 is 0.889 bits per heavy atom. The standard InChI is InChI=1S/C30H32N2O5S.C17H15ClN4S.C2H6/c1-2-32(16-4-3-15-31-20-33)17-18-37-25-12-7-21(8-13-25)29(36)28-26-14-11-24(35)19-27(26)38-30(28)22-5-9-23(34)10-6-22;1-9-10(2)23-17-15(9)16(12-4-6-13(18)7-5-12)19-8-14-21-20-11(3)22(14)17;1-2/h5-14,19-20,34-35H,2-4,15-18H2,1H3,(H,31,33);4-7H,8H2,1-3H3;1-2H3. The third kappa shape index (κ3) is 11.0. The number of aromatic hydroxyl groups is 2. The van der Waals surface area contributed by atoms with Crippen molar-refractivity contribution >= 4 is 62.3 Å². The Balaban J connectivity index is 0.000000224. The molecule has 0 unspecified atom stereocenters. The summed E-state index contributed by atoms with van der Waals surface area (Å²) < 4.78 is 8.88. The highest BCUT2D eigenvalue weighted by Crippen LogP contribution is 2.42. The van der Waals surface area contributed by atoms with Crippen LogP contribution in [0, 0.1) is 20.8 Å². The average molecular weight is 906 g/mol. The molecule has 0 radical (unpaired) electrons. The number of ketones is 1. The van der Waals surface area contributed by atoms with Gasteiger partial charge in [-0.1, -0.05) is 44.5 Å². The first-order valence-corrected chi connectivity index (χ1v) is 23.1. The molecule has 3 N–H and O–H groups in total. The second kappa shape index (κ2) is 22.0. The number of carbonyl (C=O) groups is 2. The van der Waals surface area contributed by atoms with Gasteiger partial charge >= 0.3 is 0 Å². The number of carbonyl (C=O) groups excluding carboxylic acids is 2. The lowest BCUT2D eigenvalue weighted by atomic mass is 9.97. The molecule has 0 saturated carbocycles. The van der Waals surface area contributed by atoms with E-state index in [4.69, 9.17) is 21.3 Å². The molecule has 1 amide bonds. The van der Waals surface area contributed by atoms with Crippen molar-refractivity contribution < 1.29 is 24.5 Å². The van der Waals surface area contributed by atoms with E-state index >= 15 is 0 Å². The van der Waals surface area contributed by atoms with Gasteiger partial charge < -0.3 is 25.2 Å². The summed E-state index contributed by atoms with van der Waals surface area (Å²) in [6.45, 7) is 16.8. The van der Waals surface area contributed by atoms with Gasteiger partial charge in [-0.15, -0.1) is 32.9 Å². The number of amides is 1. The highest BCUT2D eigenvalue weighted by atomic mass is 35.5. The number of rotatable bonds is 15. The number of nitrogens with one attached hydrogen (secondary N) is 1. The summed E-state index contributed by atoms with van der Waals surface area (Å²) in [5.41, 5.74) is 6.47. The number of benzene rings is 4. The van der Waals surface area contributed by atoms with E-state index in [2.05, 4.69) is 45.8 Å². The molecule has 1 aliphatic heterocycles. The molecule has 4 heterocycles. The number of aliphatic imine (C=N–C) groups is 1. The minimum atomic E-state index is -0.113.